The molecule has 0 amide bonds. The highest BCUT2D eigenvalue weighted by Gasteiger charge is 2.14. The number of aryl methyl sites for hydroxylation is 1. The fourth-order valence-corrected chi connectivity index (χ4v) is 2.86. The second-order valence-corrected chi connectivity index (χ2v) is 6.21. The molecule has 0 bridgehead atoms. The normalized spacial score (nSPS) is 10.4. The van der Waals surface area contributed by atoms with Gasteiger partial charge in [-0.1, -0.05) is 70.8 Å². The summed E-state index contributed by atoms with van der Waals surface area (Å²) >= 11 is 0. The van der Waals surface area contributed by atoms with Gasteiger partial charge >= 0.3 is 0 Å². The quantitative estimate of drug-likeness (QED) is 0.146. The maximum atomic E-state index is 11.1. The SMILES string of the molecule is CCCCCCCCCCCCc1ccc(N=C=O)cc1[N+](=O)[O-]. The van der Waals surface area contributed by atoms with Crippen LogP contribution in [0.5, 0.6) is 0 Å². The fourth-order valence-electron chi connectivity index (χ4n) is 2.86. The standard InChI is InChI=1S/C19H28N2O3/c1-2-3-4-5-6-7-8-9-10-11-12-17-13-14-18(20-16-22)15-19(17)21(23)24/h13-15H,2-12H2,1H3. The fraction of sp³-hybridized carbons (Fsp3) is 0.632. The zero-order chi connectivity index (χ0) is 17.6. The van der Waals surface area contributed by atoms with E-state index >= 15 is 0 Å². The molecule has 0 aliphatic carbocycles. The monoisotopic (exact) mass is 332 g/mol. The molecule has 5 nitrogen and oxygen atoms in total. The Morgan fingerprint density at radius 2 is 1.58 bits per heavy atom. The van der Waals surface area contributed by atoms with Gasteiger partial charge in [-0.3, -0.25) is 10.1 Å². The topological polar surface area (TPSA) is 72.6 Å². The third-order valence-electron chi connectivity index (χ3n) is 4.24. The van der Waals surface area contributed by atoms with Crippen LogP contribution in [0.15, 0.2) is 23.2 Å². The molecular weight excluding hydrogens is 304 g/mol. The minimum atomic E-state index is -0.407. The van der Waals surface area contributed by atoms with Crippen molar-refractivity contribution in [3.63, 3.8) is 0 Å². The van der Waals surface area contributed by atoms with E-state index < -0.39 is 4.92 Å². The van der Waals surface area contributed by atoms with Crippen LogP contribution in [0, 0.1) is 10.1 Å². The van der Waals surface area contributed by atoms with Crippen LogP contribution in [0.3, 0.4) is 0 Å². The van der Waals surface area contributed by atoms with E-state index in [-0.39, 0.29) is 11.4 Å². The number of rotatable bonds is 13. The van der Waals surface area contributed by atoms with Crippen molar-refractivity contribution in [2.75, 3.05) is 0 Å². The van der Waals surface area contributed by atoms with Crippen molar-refractivity contribution in [1.29, 1.82) is 0 Å². The second kappa shape index (κ2) is 12.4. The maximum absolute atomic E-state index is 11.1. The van der Waals surface area contributed by atoms with Crippen LogP contribution in [0.2, 0.25) is 0 Å². The predicted molar refractivity (Wildman–Crippen MR) is 96.4 cm³/mol. The Bertz CT molecular complexity index is 552. The van der Waals surface area contributed by atoms with Gasteiger partial charge in [-0.05, 0) is 18.9 Å². The van der Waals surface area contributed by atoms with Gasteiger partial charge in [-0.25, -0.2) is 4.79 Å². The van der Waals surface area contributed by atoms with Gasteiger partial charge in [0.15, 0.2) is 0 Å². The third kappa shape index (κ3) is 8.02. The van der Waals surface area contributed by atoms with Gasteiger partial charge in [0.2, 0.25) is 6.08 Å². The van der Waals surface area contributed by atoms with Gasteiger partial charge in [0.1, 0.15) is 0 Å². The van der Waals surface area contributed by atoms with Crippen molar-refractivity contribution in [2.45, 2.75) is 77.6 Å². The molecule has 0 N–H and O–H groups in total. The van der Waals surface area contributed by atoms with Gasteiger partial charge in [0.05, 0.1) is 10.6 Å². The first-order valence-corrected chi connectivity index (χ1v) is 9.04. The molecule has 0 aliphatic rings. The number of benzene rings is 1. The minimum Gasteiger partial charge on any atom is -0.258 e. The van der Waals surface area contributed by atoms with Crippen LogP contribution in [-0.4, -0.2) is 11.0 Å². The number of hydrogen-bond donors (Lipinski definition) is 0. The molecule has 0 atom stereocenters. The van der Waals surface area contributed by atoms with Crippen molar-refractivity contribution in [1.82, 2.24) is 0 Å². The third-order valence-corrected chi connectivity index (χ3v) is 4.24. The molecule has 24 heavy (non-hydrogen) atoms. The lowest BCUT2D eigenvalue weighted by atomic mass is 10.0. The van der Waals surface area contributed by atoms with Gasteiger partial charge in [-0.15, -0.1) is 0 Å². The number of nitro benzene ring substituents is 1. The van der Waals surface area contributed by atoms with Gasteiger partial charge in [0, 0.05) is 11.6 Å². The van der Waals surface area contributed by atoms with Gasteiger partial charge < -0.3 is 0 Å². The zero-order valence-electron chi connectivity index (χ0n) is 14.6. The molecule has 1 aromatic rings. The van der Waals surface area contributed by atoms with Crippen LogP contribution in [0.1, 0.15) is 76.7 Å². The molecule has 0 radical (unpaired) electrons. The summed E-state index contributed by atoms with van der Waals surface area (Å²) in [6.07, 6.45) is 14.5. The van der Waals surface area contributed by atoms with Crippen LogP contribution >= 0.6 is 0 Å². The summed E-state index contributed by atoms with van der Waals surface area (Å²) in [4.78, 5) is 24.4. The van der Waals surface area contributed by atoms with Gasteiger partial charge in [-0.2, -0.15) is 4.99 Å². The number of hydrogen-bond acceptors (Lipinski definition) is 4. The Kier molecular flexibility index (Phi) is 10.4. The molecule has 0 saturated carbocycles. The second-order valence-electron chi connectivity index (χ2n) is 6.21. The molecule has 0 unspecified atom stereocenters. The number of isocyanates is 1. The highest BCUT2D eigenvalue weighted by Crippen LogP contribution is 2.26. The molecule has 0 spiro atoms. The summed E-state index contributed by atoms with van der Waals surface area (Å²) < 4.78 is 0. The van der Waals surface area contributed by atoms with E-state index in [4.69, 9.17) is 0 Å². The summed E-state index contributed by atoms with van der Waals surface area (Å²) in [5.74, 6) is 0. The first kappa shape index (κ1) is 20.0. The predicted octanol–water partition coefficient (Wildman–Crippen LogP) is 6.03. The Labute approximate surface area is 144 Å². The number of aliphatic imine (C=N–C) groups is 1. The largest absolute Gasteiger partial charge is 0.274 e. The Morgan fingerprint density at radius 3 is 2.12 bits per heavy atom. The van der Waals surface area contributed by atoms with Crippen LogP contribution < -0.4 is 0 Å². The van der Waals surface area contributed by atoms with Crippen LogP contribution in [-0.2, 0) is 11.2 Å². The Balaban J connectivity index is 2.27. The molecule has 0 fully saturated rings. The van der Waals surface area contributed by atoms with E-state index in [2.05, 4.69) is 11.9 Å². The molecule has 1 aromatic carbocycles. The lowest BCUT2D eigenvalue weighted by Crippen LogP contribution is -1.95. The molecular formula is C19H28N2O3. The molecule has 0 saturated heterocycles. The van der Waals surface area contributed by atoms with Gasteiger partial charge in [0.25, 0.3) is 5.69 Å². The van der Waals surface area contributed by atoms with E-state index in [1.807, 2.05) is 0 Å². The lowest BCUT2D eigenvalue weighted by Gasteiger charge is -2.04. The van der Waals surface area contributed by atoms with Crippen molar-refractivity contribution >= 4 is 17.5 Å². The van der Waals surface area contributed by atoms with Crippen molar-refractivity contribution < 1.29 is 9.72 Å². The number of nitro groups is 1. The Hall–Kier alpha value is -2.00. The summed E-state index contributed by atoms with van der Waals surface area (Å²) in [6, 6.07) is 4.67. The average molecular weight is 332 g/mol. The first-order chi connectivity index (χ1) is 11.7. The smallest absolute Gasteiger partial charge is 0.258 e. The minimum absolute atomic E-state index is 0.0439. The summed E-state index contributed by atoms with van der Waals surface area (Å²) in [5, 5.41) is 11.1. The summed E-state index contributed by atoms with van der Waals surface area (Å²) in [5.41, 5.74) is 1.04. The average Bonchev–Trinajstić information content (AvgIpc) is 2.57. The van der Waals surface area contributed by atoms with E-state index in [9.17, 15) is 14.9 Å². The number of carbonyl (C=O) groups excluding carboxylic acids is 1. The molecule has 0 heterocycles. The van der Waals surface area contributed by atoms with Crippen LogP contribution in [0.25, 0.3) is 0 Å². The van der Waals surface area contributed by atoms with E-state index in [1.165, 1.54) is 63.5 Å². The summed E-state index contributed by atoms with van der Waals surface area (Å²) in [6.45, 7) is 2.23. The Morgan fingerprint density at radius 1 is 1.00 bits per heavy atom. The highest BCUT2D eigenvalue weighted by molar-refractivity contribution is 5.56. The number of unbranched alkanes of at least 4 members (excludes halogenated alkanes) is 9. The molecule has 0 aliphatic heterocycles. The van der Waals surface area contributed by atoms with Crippen molar-refractivity contribution in [2.24, 2.45) is 4.99 Å². The van der Waals surface area contributed by atoms with Crippen LogP contribution in [0.4, 0.5) is 11.4 Å². The molecule has 0 aromatic heterocycles. The number of nitrogens with zero attached hydrogens (tertiary/aromatic N) is 2. The first-order valence-electron chi connectivity index (χ1n) is 9.04. The molecule has 1 rings (SSSR count). The molecule has 5 heteroatoms. The van der Waals surface area contributed by atoms with E-state index in [1.54, 1.807) is 12.1 Å². The van der Waals surface area contributed by atoms with Crippen molar-refractivity contribution in [3.05, 3.63) is 33.9 Å². The lowest BCUT2D eigenvalue weighted by molar-refractivity contribution is -0.385. The van der Waals surface area contributed by atoms with Crippen molar-refractivity contribution in [3.8, 4) is 0 Å². The highest BCUT2D eigenvalue weighted by atomic mass is 16.6. The van der Waals surface area contributed by atoms with E-state index in [0.29, 0.717) is 12.0 Å². The molecule has 132 valence electrons. The van der Waals surface area contributed by atoms with E-state index in [0.717, 1.165) is 12.8 Å². The zero-order valence-corrected chi connectivity index (χ0v) is 14.6. The summed E-state index contributed by atoms with van der Waals surface area (Å²) in [7, 11) is 0. The maximum Gasteiger partial charge on any atom is 0.274 e.